The average Bonchev–Trinajstić information content (AvgIpc) is 3.37. The topological polar surface area (TPSA) is 105 Å². The van der Waals surface area contributed by atoms with E-state index in [2.05, 4.69) is 30.3 Å². The number of thiazole rings is 1. The maximum atomic E-state index is 14.4. The van der Waals surface area contributed by atoms with Crippen LogP contribution in [0.5, 0.6) is 11.5 Å². The summed E-state index contributed by atoms with van der Waals surface area (Å²) < 4.78 is 23.7. The van der Waals surface area contributed by atoms with Gasteiger partial charge in [0.2, 0.25) is 0 Å². The molecule has 1 aliphatic heterocycles. The zero-order valence-electron chi connectivity index (χ0n) is 25.9. The molecule has 0 saturated heterocycles. The highest BCUT2D eigenvalue weighted by Gasteiger charge is 2.34. The first kappa shape index (κ1) is 30.8. The van der Waals surface area contributed by atoms with Crippen molar-refractivity contribution in [1.82, 2.24) is 4.57 Å². The molecule has 0 N–H and O–H groups in total. The van der Waals surface area contributed by atoms with Crippen molar-refractivity contribution in [2.45, 2.75) is 26.8 Å². The fraction of sp³-hybridized carbons (Fsp3) is 0.222. The number of benzene rings is 4. The molecule has 0 amide bonds. The van der Waals surface area contributed by atoms with E-state index in [9.17, 15) is 14.4 Å². The molecular formula is C36H32N2O7S. The third-order valence-electron chi connectivity index (χ3n) is 7.76. The van der Waals surface area contributed by atoms with Crippen LogP contribution in [0.4, 0.5) is 0 Å². The first-order valence-electron chi connectivity index (χ1n) is 14.9. The number of esters is 2. The number of hydrogen-bond acceptors (Lipinski definition) is 9. The number of methoxy groups -OCH3 is 1. The molecule has 0 aliphatic carbocycles. The Balaban J connectivity index is 1.57. The van der Waals surface area contributed by atoms with Gasteiger partial charge in [0, 0.05) is 0 Å². The van der Waals surface area contributed by atoms with Crippen molar-refractivity contribution in [3.63, 3.8) is 0 Å². The molecule has 10 heteroatoms. The van der Waals surface area contributed by atoms with Crippen LogP contribution in [0.1, 0.15) is 37.9 Å². The van der Waals surface area contributed by atoms with Gasteiger partial charge in [0.15, 0.2) is 22.9 Å². The highest BCUT2D eigenvalue weighted by Crippen LogP contribution is 2.36. The summed E-state index contributed by atoms with van der Waals surface area (Å²) in [5.41, 5.74) is 1.94. The summed E-state index contributed by atoms with van der Waals surface area (Å²) in [7, 11) is 1.28. The summed E-state index contributed by atoms with van der Waals surface area (Å²) in [6.07, 6.45) is 1.92. The Hall–Kier alpha value is -5.22. The van der Waals surface area contributed by atoms with Crippen molar-refractivity contribution >= 4 is 50.9 Å². The van der Waals surface area contributed by atoms with Crippen molar-refractivity contribution in [3.05, 3.63) is 115 Å². The smallest absolute Gasteiger partial charge is 0.343 e. The normalized spacial score (nSPS) is 14.6. The van der Waals surface area contributed by atoms with E-state index < -0.39 is 18.0 Å². The Labute approximate surface area is 268 Å². The van der Waals surface area contributed by atoms with Crippen molar-refractivity contribution in [2.75, 3.05) is 26.9 Å². The van der Waals surface area contributed by atoms with Crippen LogP contribution in [0, 0.1) is 0 Å². The van der Waals surface area contributed by atoms with E-state index in [1.54, 1.807) is 36.6 Å². The number of nitrogens with zero attached hydrogens (tertiary/aromatic N) is 2. The molecule has 0 spiro atoms. The lowest BCUT2D eigenvalue weighted by Gasteiger charge is -2.25. The average molecular weight is 637 g/mol. The summed E-state index contributed by atoms with van der Waals surface area (Å²) in [4.78, 5) is 44.7. The number of hydrogen-bond donors (Lipinski definition) is 0. The Morgan fingerprint density at radius 3 is 2.26 bits per heavy atom. The fourth-order valence-electron chi connectivity index (χ4n) is 5.72. The van der Waals surface area contributed by atoms with Crippen LogP contribution < -0.4 is 24.4 Å². The molecule has 234 valence electrons. The lowest BCUT2D eigenvalue weighted by molar-refractivity contribution is -0.143. The molecule has 4 aromatic carbocycles. The molecule has 0 unspecified atom stereocenters. The summed E-state index contributed by atoms with van der Waals surface area (Å²) >= 11 is 1.27. The Bertz CT molecular complexity index is 2160. The van der Waals surface area contributed by atoms with E-state index in [0.29, 0.717) is 38.7 Å². The van der Waals surface area contributed by atoms with Gasteiger partial charge < -0.3 is 18.9 Å². The third kappa shape index (κ3) is 5.67. The quantitative estimate of drug-likeness (QED) is 0.165. The minimum atomic E-state index is -0.851. The molecule has 1 aromatic heterocycles. The van der Waals surface area contributed by atoms with Crippen molar-refractivity contribution in [1.29, 1.82) is 0 Å². The lowest BCUT2D eigenvalue weighted by atomic mass is 9.95. The molecule has 6 rings (SSSR count). The zero-order chi connectivity index (χ0) is 32.4. The summed E-state index contributed by atoms with van der Waals surface area (Å²) in [6, 6.07) is 22.6. The van der Waals surface area contributed by atoms with E-state index >= 15 is 0 Å². The van der Waals surface area contributed by atoms with Gasteiger partial charge in [-0.25, -0.2) is 14.6 Å². The van der Waals surface area contributed by atoms with E-state index in [4.69, 9.17) is 23.9 Å². The largest absolute Gasteiger partial charge is 0.490 e. The molecule has 0 radical (unpaired) electrons. The first-order valence-corrected chi connectivity index (χ1v) is 15.7. The molecule has 1 aliphatic rings. The number of ether oxygens (including phenoxy) is 4. The van der Waals surface area contributed by atoms with Gasteiger partial charge in [0.05, 0.1) is 42.2 Å². The van der Waals surface area contributed by atoms with Crippen LogP contribution in [0.2, 0.25) is 0 Å². The number of aromatic nitrogens is 1. The van der Waals surface area contributed by atoms with Crippen LogP contribution in [0.3, 0.4) is 0 Å². The molecule has 0 saturated carbocycles. The number of allylic oxidation sites excluding steroid dienone is 1. The first-order chi connectivity index (χ1) is 22.3. The summed E-state index contributed by atoms with van der Waals surface area (Å²) in [6.45, 7) is 5.47. The van der Waals surface area contributed by atoms with Crippen molar-refractivity contribution in [3.8, 4) is 11.5 Å². The standard InChI is InChI=1S/C36H32N2O7S/c1-5-43-29-18-24(15-16-28(29)45-20-31(39)42-4)33-32(35(41)44-6-2)21(3)37-36-38(33)34(40)30(46-36)19-27-25-13-9-7-11-22(25)17-23-12-8-10-14-26(23)27/h7-19,33H,5-6,20H2,1-4H3/b30-19-/t33-/m0/s1. The molecule has 46 heavy (non-hydrogen) atoms. The van der Waals surface area contributed by atoms with Gasteiger partial charge >= 0.3 is 11.9 Å². The lowest BCUT2D eigenvalue weighted by Crippen LogP contribution is -2.40. The van der Waals surface area contributed by atoms with Crippen LogP contribution in [0.15, 0.2) is 93.9 Å². The van der Waals surface area contributed by atoms with E-state index in [1.165, 1.54) is 18.4 Å². The second-order valence-corrected chi connectivity index (χ2v) is 11.5. The molecule has 0 fully saturated rings. The third-order valence-corrected chi connectivity index (χ3v) is 8.74. The maximum Gasteiger partial charge on any atom is 0.343 e. The molecule has 1 atom stereocenters. The molecule has 9 nitrogen and oxygen atoms in total. The Morgan fingerprint density at radius 1 is 0.913 bits per heavy atom. The Kier molecular flexibility index (Phi) is 8.72. The summed E-state index contributed by atoms with van der Waals surface area (Å²) in [5, 5.41) is 4.18. The van der Waals surface area contributed by atoms with Gasteiger partial charge in [-0.2, -0.15) is 0 Å². The van der Waals surface area contributed by atoms with E-state index in [-0.39, 0.29) is 24.3 Å². The zero-order valence-corrected chi connectivity index (χ0v) is 26.7. The van der Waals surface area contributed by atoms with Gasteiger partial charge in [0.1, 0.15) is 0 Å². The SMILES string of the molecule is CCOC(=O)C1=C(C)N=c2s/c(=C\c3c4ccccc4cc4ccccc34)c(=O)n2[C@H]1c1ccc(OCC(=O)OC)c(OCC)c1. The van der Waals surface area contributed by atoms with Crippen LogP contribution >= 0.6 is 11.3 Å². The number of carbonyl (C=O) groups is 2. The van der Waals surface area contributed by atoms with Gasteiger partial charge in [-0.3, -0.25) is 9.36 Å². The molecule has 0 bridgehead atoms. The van der Waals surface area contributed by atoms with Crippen LogP contribution in [0.25, 0.3) is 27.6 Å². The van der Waals surface area contributed by atoms with Gasteiger partial charge in [-0.15, -0.1) is 0 Å². The van der Waals surface area contributed by atoms with Crippen molar-refractivity contribution < 1.29 is 28.5 Å². The number of fused-ring (bicyclic) bond motifs is 3. The second-order valence-electron chi connectivity index (χ2n) is 10.5. The highest BCUT2D eigenvalue weighted by atomic mass is 32.1. The van der Waals surface area contributed by atoms with Gasteiger partial charge in [0.25, 0.3) is 5.56 Å². The minimum absolute atomic E-state index is 0.158. The summed E-state index contributed by atoms with van der Waals surface area (Å²) in [5.74, 6) is -0.427. The minimum Gasteiger partial charge on any atom is -0.490 e. The molecule has 5 aromatic rings. The van der Waals surface area contributed by atoms with Gasteiger partial charge in [-0.1, -0.05) is 65.9 Å². The monoisotopic (exact) mass is 636 g/mol. The Morgan fingerprint density at radius 2 is 1.61 bits per heavy atom. The second kappa shape index (κ2) is 13.0. The predicted molar refractivity (Wildman–Crippen MR) is 177 cm³/mol. The van der Waals surface area contributed by atoms with Crippen molar-refractivity contribution in [2.24, 2.45) is 4.99 Å². The fourth-order valence-corrected chi connectivity index (χ4v) is 6.75. The highest BCUT2D eigenvalue weighted by molar-refractivity contribution is 7.07. The number of carbonyl (C=O) groups excluding carboxylic acids is 2. The number of rotatable bonds is 9. The predicted octanol–water partition coefficient (Wildman–Crippen LogP) is 5.06. The van der Waals surface area contributed by atoms with E-state index in [0.717, 1.165) is 27.1 Å². The molecular weight excluding hydrogens is 604 g/mol. The molecule has 2 heterocycles. The van der Waals surface area contributed by atoms with Crippen LogP contribution in [-0.2, 0) is 19.1 Å². The maximum absolute atomic E-state index is 14.4. The van der Waals surface area contributed by atoms with Crippen LogP contribution in [-0.4, -0.2) is 43.4 Å². The van der Waals surface area contributed by atoms with E-state index in [1.807, 2.05) is 37.3 Å². The van der Waals surface area contributed by atoms with Gasteiger partial charge in [-0.05, 0) is 77.7 Å².